The van der Waals surface area contributed by atoms with Crippen LogP contribution in [-0.4, -0.2) is 23.8 Å². The van der Waals surface area contributed by atoms with Crippen LogP contribution >= 0.6 is 15.9 Å². The Morgan fingerprint density at radius 3 is 2.67 bits per heavy atom. The van der Waals surface area contributed by atoms with E-state index in [0.717, 1.165) is 18.4 Å². The van der Waals surface area contributed by atoms with Crippen molar-refractivity contribution in [3.8, 4) is 0 Å². The van der Waals surface area contributed by atoms with Gasteiger partial charge in [-0.3, -0.25) is 0 Å². The van der Waals surface area contributed by atoms with Crippen molar-refractivity contribution in [1.29, 1.82) is 0 Å². The van der Waals surface area contributed by atoms with E-state index in [2.05, 4.69) is 15.9 Å². The van der Waals surface area contributed by atoms with Crippen molar-refractivity contribution in [2.24, 2.45) is 0 Å². The number of rotatable bonds is 4. The molecule has 0 amide bonds. The number of ether oxygens (including phenoxy) is 2. The molecule has 1 rings (SSSR count). The first-order chi connectivity index (χ1) is 5.64. The van der Waals surface area contributed by atoms with Crippen molar-refractivity contribution < 1.29 is 9.47 Å². The van der Waals surface area contributed by atoms with E-state index < -0.39 is 0 Å². The minimum Gasteiger partial charge on any atom is -0.348 e. The van der Waals surface area contributed by atoms with Crippen molar-refractivity contribution in [2.45, 2.75) is 45.0 Å². The average molecular weight is 237 g/mol. The van der Waals surface area contributed by atoms with Crippen LogP contribution in [0.4, 0.5) is 0 Å². The number of hydrogen-bond acceptors (Lipinski definition) is 2. The first-order valence-electron chi connectivity index (χ1n) is 4.52. The molecule has 3 heteroatoms. The molecule has 0 radical (unpaired) electrons. The van der Waals surface area contributed by atoms with Gasteiger partial charge in [-0.1, -0.05) is 15.9 Å². The van der Waals surface area contributed by atoms with Crippen LogP contribution in [0.3, 0.4) is 0 Å². The number of hydrogen-bond donors (Lipinski definition) is 0. The molecule has 0 aromatic carbocycles. The van der Waals surface area contributed by atoms with Crippen molar-refractivity contribution in [3.63, 3.8) is 0 Å². The van der Waals surface area contributed by atoms with Gasteiger partial charge in [-0.2, -0.15) is 0 Å². The van der Waals surface area contributed by atoms with Crippen LogP contribution in [0.1, 0.15) is 33.1 Å². The fourth-order valence-electron chi connectivity index (χ4n) is 1.37. The quantitative estimate of drug-likeness (QED) is 0.552. The van der Waals surface area contributed by atoms with Gasteiger partial charge in [0.1, 0.15) is 0 Å². The summed E-state index contributed by atoms with van der Waals surface area (Å²) in [7, 11) is 0. The Morgan fingerprint density at radius 2 is 2.17 bits per heavy atom. The van der Waals surface area contributed by atoms with Crippen LogP contribution < -0.4 is 0 Å². The molecule has 1 saturated heterocycles. The maximum absolute atomic E-state index is 5.66. The summed E-state index contributed by atoms with van der Waals surface area (Å²) in [6.07, 6.45) is 3.88. The van der Waals surface area contributed by atoms with E-state index in [4.69, 9.17) is 9.47 Å². The molecule has 1 aliphatic rings. The van der Waals surface area contributed by atoms with Crippen molar-refractivity contribution in [2.75, 3.05) is 11.9 Å². The zero-order valence-corrected chi connectivity index (χ0v) is 9.39. The number of alkyl halides is 1. The summed E-state index contributed by atoms with van der Waals surface area (Å²) in [4.78, 5) is 0. The highest BCUT2D eigenvalue weighted by Gasteiger charge is 2.31. The predicted octanol–water partition coefficient (Wildman–Crippen LogP) is 2.70. The summed E-state index contributed by atoms with van der Waals surface area (Å²) in [5, 5.41) is 1.09. The van der Waals surface area contributed by atoms with Gasteiger partial charge in [0.2, 0.25) is 0 Å². The molecule has 0 aromatic heterocycles. The third-order valence-electron chi connectivity index (χ3n) is 1.98. The van der Waals surface area contributed by atoms with Crippen LogP contribution in [0, 0.1) is 0 Å². The smallest absolute Gasteiger partial charge is 0.163 e. The summed E-state index contributed by atoms with van der Waals surface area (Å²) in [6.45, 7) is 4.70. The van der Waals surface area contributed by atoms with Crippen LogP contribution in [0.5, 0.6) is 0 Å². The molecular formula is C9H17BrO2. The highest BCUT2D eigenvalue weighted by atomic mass is 79.9. The Labute approximate surface area is 82.7 Å². The minimum atomic E-state index is -0.348. The highest BCUT2D eigenvalue weighted by Crippen LogP contribution is 2.25. The van der Waals surface area contributed by atoms with Crippen LogP contribution in [0.25, 0.3) is 0 Å². The molecule has 0 spiro atoms. The third-order valence-corrected chi connectivity index (χ3v) is 2.54. The lowest BCUT2D eigenvalue weighted by atomic mass is 10.2. The first-order valence-corrected chi connectivity index (χ1v) is 5.64. The average Bonchev–Trinajstić information content (AvgIpc) is 2.31. The molecule has 12 heavy (non-hydrogen) atoms. The summed E-state index contributed by atoms with van der Waals surface area (Å²) in [5.41, 5.74) is 0. The summed E-state index contributed by atoms with van der Waals surface area (Å²) in [6, 6.07) is 0. The van der Waals surface area contributed by atoms with E-state index in [1.54, 1.807) is 0 Å². The standard InChI is InChI=1S/C9H17BrO2/c1-9(2)11-7-8(12-9)5-3-4-6-10/h8H,3-7H2,1-2H3/t8-/m1/s1. The van der Waals surface area contributed by atoms with Crippen LogP contribution in [-0.2, 0) is 9.47 Å². The fourth-order valence-corrected chi connectivity index (χ4v) is 1.77. The van der Waals surface area contributed by atoms with Gasteiger partial charge >= 0.3 is 0 Å². The Kier molecular flexibility index (Phi) is 4.00. The minimum absolute atomic E-state index is 0.319. The molecule has 0 aromatic rings. The molecule has 0 N–H and O–H groups in total. The molecule has 0 bridgehead atoms. The third kappa shape index (κ3) is 3.42. The van der Waals surface area contributed by atoms with Crippen molar-refractivity contribution in [3.05, 3.63) is 0 Å². The van der Waals surface area contributed by atoms with Gasteiger partial charge in [-0.25, -0.2) is 0 Å². The van der Waals surface area contributed by atoms with Gasteiger partial charge < -0.3 is 9.47 Å². The maximum Gasteiger partial charge on any atom is 0.163 e. The largest absolute Gasteiger partial charge is 0.348 e. The van der Waals surface area contributed by atoms with Gasteiger partial charge in [0.05, 0.1) is 12.7 Å². The zero-order chi connectivity index (χ0) is 9.03. The van der Waals surface area contributed by atoms with E-state index in [-0.39, 0.29) is 5.79 Å². The first kappa shape index (κ1) is 10.5. The molecule has 0 aliphatic carbocycles. The van der Waals surface area contributed by atoms with E-state index in [1.165, 1.54) is 12.8 Å². The number of halogens is 1. The lowest BCUT2D eigenvalue weighted by Crippen LogP contribution is -2.21. The van der Waals surface area contributed by atoms with Gasteiger partial charge in [0.25, 0.3) is 0 Å². The molecule has 1 heterocycles. The molecule has 2 nitrogen and oxygen atoms in total. The van der Waals surface area contributed by atoms with Gasteiger partial charge in [0.15, 0.2) is 5.79 Å². The summed E-state index contributed by atoms with van der Waals surface area (Å²) in [5.74, 6) is -0.348. The molecule has 0 saturated carbocycles. The van der Waals surface area contributed by atoms with E-state index in [9.17, 15) is 0 Å². The summed E-state index contributed by atoms with van der Waals surface area (Å²) < 4.78 is 11.1. The van der Waals surface area contributed by atoms with E-state index >= 15 is 0 Å². The molecule has 0 unspecified atom stereocenters. The summed E-state index contributed by atoms with van der Waals surface area (Å²) >= 11 is 3.41. The second-order valence-electron chi connectivity index (χ2n) is 3.64. The SMILES string of the molecule is CC1(C)OC[C@@H](CCCCBr)O1. The molecule has 1 fully saturated rings. The normalized spacial score (nSPS) is 27.8. The highest BCUT2D eigenvalue weighted by molar-refractivity contribution is 9.09. The fraction of sp³-hybridized carbons (Fsp3) is 1.00. The van der Waals surface area contributed by atoms with Gasteiger partial charge in [-0.15, -0.1) is 0 Å². The van der Waals surface area contributed by atoms with Crippen LogP contribution in [0.15, 0.2) is 0 Å². The Balaban J connectivity index is 2.11. The second-order valence-corrected chi connectivity index (χ2v) is 4.43. The molecule has 1 atom stereocenters. The predicted molar refractivity (Wildman–Crippen MR) is 52.5 cm³/mol. The van der Waals surface area contributed by atoms with E-state index in [0.29, 0.717) is 6.10 Å². The van der Waals surface area contributed by atoms with Crippen molar-refractivity contribution >= 4 is 15.9 Å². The Morgan fingerprint density at radius 1 is 1.42 bits per heavy atom. The lowest BCUT2D eigenvalue weighted by Gasteiger charge is -2.16. The molecular weight excluding hydrogens is 220 g/mol. The van der Waals surface area contributed by atoms with Gasteiger partial charge in [0, 0.05) is 5.33 Å². The second kappa shape index (κ2) is 4.58. The van der Waals surface area contributed by atoms with E-state index in [1.807, 2.05) is 13.8 Å². The van der Waals surface area contributed by atoms with Crippen molar-refractivity contribution in [1.82, 2.24) is 0 Å². The maximum atomic E-state index is 5.66. The number of unbranched alkanes of at least 4 members (excludes halogenated alkanes) is 1. The lowest BCUT2D eigenvalue weighted by molar-refractivity contribution is -0.139. The Hall–Kier alpha value is 0.400. The molecule has 1 aliphatic heterocycles. The zero-order valence-electron chi connectivity index (χ0n) is 7.81. The van der Waals surface area contributed by atoms with Crippen LogP contribution in [0.2, 0.25) is 0 Å². The van der Waals surface area contributed by atoms with Gasteiger partial charge in [-0.05, 0) is 33.1 Å². The topological polar surface area (TPSA) is 18.5 Å². The molecule has 72 valence electrons. The Bertz CT molecular complexity index is 136. The monoisotopic (exact) mass is 236 g/mol.